The van der Waals surface area contributed by atoms with Crippen molar-refractivity contribution < 1.29 is 64.5 Å². The van der Waals surface area contributed by atoms with Gasteiger partial charge in [0.05, 0.1) is 19.8 Å². The summed E-state index contributed by atoms with van der Waals surface area (Å²) < 4.78 is 26.2. The first-order valence-electron chi connectivity index (χ1n) is 8.81. The predicted molar refractivity (Wildman–Crippen MR) is 83.2 cm³/mol. The number of ether oxygens (including phenoxy) is 5. The van der Waals surface area contributed by atoms with Gasteiger partial charge in [-0.1, -0.05) is 0 Å². The zero-order valence-corrected chi connectivity index (χ0v) is 14.7. The van der Waals surface area contributed by atoms with Crippen LogP contribution in [0.25, 0.3) is 0 Å². The molecule has 3 aliphatic heterocycles. The molecule has 3 aliphatic rings. The van der Waals surface area contributed by atoms with Crippen LogP contribution in [-0.2, 0) is 23.7 Å². The van der Waals surface area contributed by atoms with E-state index in [2.05, 4.69) is 0 Å². The molecule has 164 valence electrons. The van der Waals surface area contributed by atoms with E-state index in [4.69, 9.17) is 23.7 Å². The Labute approximate surface area is 159 Å². The smallest absolute Gasteiger partial charge is 0.186 e. The van der Waals surface area contributed by atoms with Crippen LogP contribution in [0, 0.1) is 0 Å². The maximum absolute atomic E-state index is 10.2. The van der Waals surface area contributed by atoms with Crippen molar-refractivity contribution in [1.29, 1.82) is 0 Å². The molecule has 3 fully saturated rings. The average Bonchev–Trinajstić information content (AvgIpc) is 2.67. The van der Waals surface area contributed by atoms with Crippen molar-refractivity contribution in [3.05, 3.63) is 0 Å². The van der Waals surface area contributed by atoms with E-state index in [-0.39, 0.29) is 19.8 Å². The zero-order valence-electron chi connectivity index (χ0n) is 14.7. The normalized spacial score (nSPS) is 53.1. The van der Waals surface area contributed by atoms with Gasteiger partial charge < -0.3 is 64.5 Å². The highest BCUT2D eigenvalue weighted by molar-refractivity contribution is 4.90. The van der Waals surface area contributed by atoms with Gasteiger partial charge >= 0.3 is 0 Å². The van der Waals surface area contributed by atoms with E-state index < -0.39 is 73.8 Å². The highest BCUT2D eigenvalue weighted by Crippen LogP contribution is 2.28. The highest BCUT2D eigenvalue weighted by Gasteiger charge is 2.48. The van der Waals surface area contributed by atoms with E-state index in [0.717, 1.165) is 0 Å². The van der Waals surface area contributed by atoms with E-state index in [9.17, 15) is 40.9 Å². The van der Waals surface area contributed by atoms with Gasteiger partial charge in [-0.3, -0.25) is 0 Å². The minimum absolute atomic E-state index is 0.317. The van der Waals surface area contributed by atoms with Crippen molar-refractivity contribution in [2.75, 3.05) is 19.8 Å². The van der Waals surface area contributed by atoms with Crippen LogP contribution < -0.4 is 0 Å². The van der Waals surface area contributed by atoms with Gasteiger partial charge in [0, 0.05) is 0 Å². The minimum Gasteiger partial charge on any atom is -0.388 e. The Morgan fingerprint density at radius 2 is 1.04 bits per heavy atom. The molecule has 0 spiro atoms. The number of aliphatic hydroxyl groups is 8. The quantitative estimate of drug-likeness (QED) is 0.216. The standard InChI is InChI=1S/C15H26O13/c16-4-1-25-14(9(20)7(4)18)27-6-3-24-13(23)11(22)12(6)28-15-10(21)8(19)5(17)2-26-15/h4-23H,1-3H2/t4-,5-,6-,7+,8+,9-,10-,11-,12+,13-,14+,15+/m1/s1. The fraction of sp³-hybridized carbons (Fsp3) is 1.00. The monoisotopic (exact) mass is 414 g/mol. The van der Waals surface area contributed by atoms with Gasteiger partial charge in [-0.05, 0) is 0 Å². The van der Waals surface area contributed by atoms with Crippen molar-refractivity contribution in [3.63, 3.8) is 0 Å². The lowest BCUT2D eigenvalue weighted by atomic mass is 10.0. The van der Waals surface area contributed by atoms with Crippen LogP contribution >= 0.6 is 0 Å². The van der Waals surface area contributed by atoms with Crippen molar-refractivity contribution in [1.82, 2.24) is 0 Å². The van der Waals surface area contributed by atoms with Gasteiger partial charge in [0.1, 0.15) is 54.9 Å². The Bertz CT molecular complexity index is 508. The first-order valence-corrected chi connectivity index (χ1v) is 8.81. The molecule has 0 amide bonds. The molecule has 13 nitrogen and oxygen atoms in total. The number of hydrogen-bond acceptors (Lipinski definition) is 13. The van der Waals surface area contributed by atoms with Crippen molar-refractivity contribution in [3.8, 4) is 0 Å². The summed E-state index contributed by atoms with van der Waals surface area (Å²) in [5, 5.41) is 78.4. The van der Waals surface area contributed by atoms with Gasteiger partial charge in [0.15, 0.2) is 18.9 Å². The second kappa shape index (κ2) is 9.09. The second-order valence-electron chi connectivity index (χ2n) is 6.99. The fourth-order valence-corrected chi connectivity index (χ4v) is 3.18. The zero-order chi connectivity index (χ0) is 20.6. The van der Waals surface area contributed by atoms with E-state index >= 15 is 0 Å². The molecule has 3 rings (SSSR count). The molecular weight excluding hydrogens is 388 g/mol. The fourth-order valence-electron chi connectivity index (χ4n) is 3.18. The number of aliphatic hydroxyl groups excluding tert-OH is 8. The molecular formula is C15H26O13. The van der Waals surface area contributed by atoms with E-state index in [1.54, 1.807) is 0 Å². The number of hydrogen-bond donors (Lipinski definition) is 8. The van der Waals surface area contributed by atoms with Gasteiger partial charge in [0.2, 0.25) is 0 Å². The first-order chi connectivity index (χ1) is 13.2. The summed E-state index contributed by atoms with van der Waals surface area (Å²) in [6, 6.07) is 0. The molecule has 28 heavy (non-hydrogen) atoms. The van der Waals surface area contributed by atoms with Crippen LogP contribution in [0.1, 0.15) is 0 Å². The molecule has 0 unspecified atom stereocenters. The van der Waals surface area contributed by atoms with Gasteiger partial charge in [-0.25, -0.2) is 0 Å². The topological polar surface area (TPSA) is 208 Å². The molecule has 13 heteroatoms. The Morgan fingerprint density at radius 3 is 1.57 bits per heavy atom. The molecule has 0 aromatic heterocycles. The Morgan fingerprint density at radius 1 is 0.536 bits per heavy atom. The van der Waals surface area contributed by atoms with Crippen LogP contribution in [0.2, 0.25) is 0 Å². The van der Waals surface area contributed by atoms with Crippen LogP contribution in [0.4, 0.5) is 0 Å². The van der Waals surface area contributed by atoms with Gasteiger partial charge in [0.25, 0.3) is 0 Å². The molecule has 0 radical (unpaired) electrons. The lowest BCUT2D eigenvalue weighted by Gasteiger charge is -2.44. The second-order valence-corrected chi connectivity index (χ2v) is 6.99. The molecule has 12 atom stereocenters. The molecule has 0 aliphatic carbocycles. The number of rotatable bonds is 4. The third kappa shape index (κ3) is 4.46. The molecule has 3 heterocycles. The predicted octanol–water partition coefficient (Wildman–Crippen LogP) is -5.66. The highest BCUT2D eigenvalue weighted by atomic mass is 16.7. The van der Waals surface area contributed by atoms with Crippen LogP contribution in [-0.4, -0.2) is 134 Å². The largest absolute Gasteiger partial charge is 0.388 e. The summed E-state index contributed by atoms with van der Waals surface area (Å²) in [7, 11) is 0. The van der Waals surface area contributed by atoms with Gasteiger partial charge in [-0.15, -0.1) is 0 Å². The summed E-state index contributed by atoms with van der Waals surface area (Å²) in [5.41, 5.74) is 0. The lowest BCUT2D eigenvalue weighted by molar-refractivity contribution is -0.356. The summed E-state index contributed by atoms with van der Waals surface area (Å²) in [4.78, 5) is 0. The Kier molecular flexibility index (Phi) is 7.20. The van der Waals surface area contributed by atoms with Crippen molar-refractivity contribution >= 4 is 0 Å². The average molecular weight is 414 g/mol. The Balaban J connectivity index is 1.69. The summed E-state index contributed by atoms with van der Waals surface area (Å²) in [6.07, 6.45) is -17.7. The Hall–Kier alpha value is -0.520. The maximum Gasteiger partial charge on any atom is 0.186 e. The van der Waals surface area contributed by atoms with Crippen LogP contribution in [0.5, 0.6) is 0 Å². The summed E-state index contributed by atoms with van der Waals surface area (Å²) in [5.74, 6) is 0. The van der Waals surface area contributed by atoms with Crippen LogP contribution in [0.3, 0.4) is 0 Å². The van der Waals surface area contributed by atoms with Crippen molar-refractivity contribution in [2.45, 2.75) is 73.8 Å². The summed E-state index contributed by atoms with van der Waals surface area (Å²) >= 11 is 0. The lowest BCUT2D eigenvalue weighted by Crippen LogP contribution is -2.62. The minimum atomic E-state index is -1.66. The van der Waals surface area contributed by atoms with E-state index in [1.165, 1.54) is 0 Å². The maximum atomic E-state index is 10.2. The molecule has 3 saturated heterocycles. The molecule has 0 saturated carbocycles. The molecule has 8 N–H and O–H groups in total. The molecule has 0 bridgehead atoms. The molecule has 0 aromatic carbocycles. The molecule has 0 aromatic rings. The van der Waals surface area contributed by atoms with Crippen molar-refractivity contribution in [2.24, 2.45) is 0 Å². The summed E-state index contributed by atoms with van der Waals surface area (Å²) in [6.45, 7) is -0.978. The third-order valence-electron chi connectivity index (χ3n) is 4.94. The SMILES string of the molecule is O[C@@H]1[C@@H](O)[C@H](O[C@@H]2[C@@H](O)[C@H](O)OC[C@H]2O[C@@H]2OC[C@@H](O)[C@H](O)[C@H]2O)OC[C@H]1O. The van der Waals surface area contributed by atoms with E-state index in [0.29, 0.717) is 0 Å². The first kappa shape index (κ1) is 22.2. The third-order valence-corrected chi connectivity index (χ3v) is 4.94. The van der Waals surface area contributed by atoms with E-state index in [1.807, 2.05) is 0 Å². The van der Waals surface area contributed by atoms with Gasteiger partial charge in [-0.2, -0.15) is 0 Å². The van der Waals surface area contributed by atoms with Crippen LogP contribution in [0.15, 0.2) is 0 Å².